The minimum absolute atomic E-state index is 0.255. The molecule has 0 atom stereocenters. The Labute approximate surface area is 86.0 Å². The quantitative estimate of drug-likeness (QED) is 0.681. The topological polar surface area (TPSA) is 74.4 Å². The second-order valence-corrected chi connectivity index (χ2v) is 2.71. The lowest BCUT2D eigenvalue weighted by Crippen LogP contribution is -1.84. The molecule has 0 aliphatic heterocycles. The van der Waals surface area contributed by atoms with Crippen LogP contribution in [0.2, 0.25) is 0 Å². The van der Waals surface area contributed by atoms with Crippen molar-refractivity contribution >= 4 is 12.2 Å². The summed E-state index contributed by atoms with van der Waals surface area (Å²) in [5.41, 5.74) is 0.931. The number of methoxy groups -OCH3 is 1. The molecule has 0 bridgehead atoms. The van der Waals surface area contributed by atoms with Crippen LogP contribution in [0, 0.1) is 0 Å². The fourth-order valence-electron chi connectivity index (χ4n) is 1.01. The molecule has 1 aromatic carbocycles. The summed E-state index contributed by atoms with van der Waals surface area (Å²) in [4.78, 5) is 3.98. The Bertz CT molecular complexity index is 434. The zero-order valence-electron chi connectivity index (χ0n) is 8.03. The highest BCUT2D eigenvalue weighted by atomic mass is 16.5. The molecule has 1 heterocycles. The van der Waals surface area contributed by atoms with E-state index < -0.39 is 0 Å². The van der Waals surface area contributed by atoms with Gasteiger partial charge in [0.15, 0.2) is 0 Å². The average molecular weight is 202 g/mol. The first-order valence-electron chi connectivity index (χ1n) is 4.25. The molecule has 0 N–H and O–H groups in total. The molecule has 2 aromatic rings. The van der Waals surface area contributed by atoms with Crippen molar-refractivity contribution in [2.75, 3.05) is 7.11 Å². The number of tetrazole rings is 1. The van der Waals surface area contributed by atoms with Gasteiger partial charge in [0.1, 0.15) is 11.7 Å². The summed E-state index contributed by atoms with van der Waals surface area (Å²) in [7, 11) is 1.62. The van der Waals surface area contributed by atoms with Crippen molar-refractivity contribution in [2.45, 2.75) is 0 Å². The van der Waals surface area contributed by atoms with Crippen molar-refractivity contribution in [3.05, 3.63) is 29.8 Å². The van der Waals surface area contributed by atoms with Crippen molar-refractivity contribution in [1.29, 1.82) is 0 Å². The third kappa shape index (κ3) is 2.37. The molecule has 0 amide bonds. The molecule has 0 radical (unpaired) electrons. The molecule has 0 fully saturated rings. The molecule has 6 heteroatoms. The molecule has 6 nitrogen and oxygen atoms in total. The number of aromatic nitrogens is 4. The number of benzene rings is 1. The van der Waals surface area contributed by atoms with Crippen molar-refractivity contribution in [3.8, 4) is 5.75 Å². The summed E-state index contributed by atoms with van der Waals surface area (Å²) in [5.74, 6) is 1.06. The van der Waals surface area contributed by atoms with Gasteiger partial charge in [-0.05, 0) is 23.9 Å². The van der Waals surface area contributed by atoms with Crippen LogP contribution in [0.15, 0.2) is 29.3 Å². The van der Waals surface area contributed by atoms with Gasteiger partial charge in [-0.15, -0.1) is 5.21 Å². The van der Waals surface area contributed by atoms with Crippen LogP contribution < -0.4 is 9.84 Å². The van der Waals surface area contributed by atoms with Crippen LogP contribution in [0.1, 0.15) is 5.56 Å². The lowest BCUT2D eigenvalue weighted by Gasteiger charge is -1.99. The maximum absolute atomic E-state index is 5.03. The number of ether oxygens (including phenoxy) is 1. The van der Waals surface area contributed by atoms with Crippen LogP contribution in [0.25, 0.3) is 0 Å². The molecule has 0 unspecified atom stereocenters. The highest BCUT2D eigenvalue weighted by molar-refractivity contribution is 5.81. The second-order valence-electron chi connectivity index (χ2n) is 2.71. The van der Waals surface area contributed by atoms with E-state index in [1.807, 2.05) is 24.3 Å². The first-order valence-corrected chi connectivity index (χ1v) is 4.25. The number of nitrogens with zero attached hydrogens (tertiary/aromatic N) is 5. The molecule has 0 spiro atoms. The van der Waals surface area contributed by atoms with Crippen LogP contribution >= 0.6 is 0 Å². The smallest absolute Gasteiger partial charge is 0.118 e. The minimum atomic E-state index is 0.255. The maximum atomic E-state index is 5.03. The van der Waals surface area contributed by atoms with Gasteiger partial charge in [-0.2, -0.15) is 5.21 Å². The van der Waals surface area contributed by atoms with E-state index >= 15 is 0 Å². The molecule has 76 valence electrons. The molecular weight excluding hydrogens is 194 g/mol. The normalized spacial score (nSPS) is 10.7. The van der Waals surface area contributed by atoms with E-state index in [0.29, 0.717) is 0 Å². The van der Waals surface area contributed by atoms with Crippen molar-refractivity contribution in [1.82, 2.24) is 20.6 Å². The number of aliphatic imine (C=N–C) groups is 1. The van der Waals surface area contributed by atoms with Gasteiger partial charge >= 0.3 is 0 Å². The molecule has 1 aromatic heterocycles. The summed E-state index contributed by atoms with van der Waals surface area (Å²) in [5, 5.41) is 13.8. The van der Waals surface area contributed by atoms with Gasteiger partial charge in [0, 0.05) is 0 Å². The average Bonchev–Trinajstić information content (AvgIpc) is 2.80. The number of hydrogen-bond acceptors (Lipinski definition) is 5. The van der Waals surface area contributed by atoms with Crippen LogP contribution in [-0.2, 0) is 0 Å². The van der Waals surface area contributed by atoms with E-state index in [9.17, 15) is 0 Å². The fraction of sp³-hybridized carbons (Fsp3) is 0.111. The molecule has 2 rings (SSSR count). The van der Waals surface area contributed by atoms with Crippen molar-refractivity contribution in [2.24, 2.45) is 4.99 Å². The van der Waals surface area contributed by atoms with E-state index in [1.54, 1.807) is 13.3 Å². The monoisotopic (exact) mass is 202 g/mol. The van der Waals surface area contributed by atoms with Gasteiger partial charge in [-0.25, -0.2) is 5.10 Å². The van der Waals surface area contributed by atoms with E-state index in [4.69, 9.17) is 4.74 Å². The highest BCUT2D eigenvalue weighted by Crippen LogP contribution is 2.10. The Morgan fingerprint density at radius 2 is 2.13 bits per heavy atom. The van der Waals surface area contributed by atoms with Crippen molar-refractivity contribution < 1.29 is 4.74 Å². The Morgan fingerprint density at radius 1 is 1.33 bits per heavy atom. The lowest BCUT2D eigenvalue weighted by molar-refractivity contribution is 0.415. The van der Waals surface area contributed by atoms with Gasteiger partial charge < -0.3 is 9.73 Å². The lowest BCUT2D eigenvalue weighted by atomic mass is 10.2. The first kappa shape index (κ1) is 9.32. The van der Waals surface area contributed by atoms with E-state index in [1.165, 1.54) is 0 Å². The molecule has 0 saturated carbocycles. The first-order chi connectivity index (χ1) is 7.38. The van der Waals surface area contributed by atoms with Gasteiger partial charge in [-0.1, -0.05) is 12.1 Å². The highest BCUT2D eigenvalue weighted by Gasteiger charge is 1.89. The van der Waals surface area contributed by atoms with Crippen LogP contribution in [0.4, 0.5) is 5.95 Å². The largest absolute Gasteiger partial charge is 0.497 e. The minimum Gasteiger partial charge on any atom is -0.497 e. The zero-order chi connectivity index (χ0) is 10.5. The molecule has 15 heavy (non-hydrogen) atoms. The van der Waals surface area contributed by atoms with Gasteiger partial charge in [0.25, 0.3) is 0 Å². The Morgan fingerprint density at radius 3 is 2.73 bits per heavy atom. The summed E-state index contributed by atoms with van der Waals surface area (Å²) < 4.78 is 5.03. The van der Waals surface area contributed by atoms with E-state index in [-0.39, 0.29) is 5.95 Å². The summed E-state index contributed by atoms with van der Waals surface area (Å²) in [6.07, 6.45) is 1.64. The van der Waals surface area contributed by atoms with Gasteiger partial charge in [0.2, 0.25) is 0 Å². The molecule has 0 aliphatic carbocycles. The molecule has 0 saturated heterocycles. The van der Waals surface area contributed by atoms with Crippen LogP contribution in [0.5, 0.6) is 5.75 Å². The van der Waals surface area contributed by atoms with Gasteiger partial charge in [0.05, 0.1) is 7.11 Å². The van der Waals surface area contributed by atoms with Crippen LogP contribution in [0.3, 0.4) is 0 Å². The second kappa shape index (κ2) is 4.32. The standard InChI is InChI=1S/C9H8N5O/c1-15-8-4-2-7(3-5-8)6-10-9-11-13-14-12-9/h2-6H,1H3/q-1. The fourth-order valence-corrected chi connectivity index (χ4v) is 1.01. The molecule has 0 aliphatic rings. The van der Waals surface area contributed by atoms with E-state index in [2.05, 4.69) is 25.6 Å². The predicted octanol–water partition coefficient (Wildman–Crippen LogP) is 0.588. The predicted molar refractivity (Wildman–Crippen MR) is 53.4 cm³/mol. The Hall–Kier alpha value is -2.24. The maximum Gasteiger partial charge on any atom is 0.118 e. The Balaban J connectivity index is 2.11. The Kier molecular flexibility index (Phi) is 2.68. The molecular formula is C9H8N5O-. The zero-order valence-corrected chi connectivity index (χ0v) is 8.03. The van der Waals surface area contributed by atoms with Gasteiger partial charge in [-0.3, -0.25) is 5.10 Å². The number of hydrogen-bond donors (Lipinski definition) is 0. The number of rotatable bonds is 3. The summed E-state index contributed by atoms with van der Waals surface area (Å²) in [6.45, 7) is 0. The van der Waals surface area contributed by atoms with E-state index in [0.717, 1.165) is 11.3 Å². The summed E-state index contributed by atoms with van der Waals surface area (Å²) >= 11 is 0. The summed E-state index contributed by atoms with van der Waals surface area (Å²) in [6, 6.07) is 7.46. The SMILES string of the molecule is COc1ccc(C=Nc2nnn[n-]2)cc1. The third-order valence-electron chi connectivity index (χ3n) is 1.75. The third-order valence-corrected chi connectivity index (χ3v) is 1.75. The van der Waals surface area contributed by atoms with Crippen molar-refractivity contribution in [3.63, 3.8) is 0 Å². The van der Waals surface area contributed by atoms with Crippen LogP contribution in [-0.4, -0.2) is 28.8 Å².